The Kier molecular flexibility index (Phi) is 2.70. The average Bonchev–Trinajstić information content (AvgIpc) is 2.35. The second-order valence-corrected chi connectivity index (χ2v) is 5.29. The summed E-state index contributed by atoms with van der Waals surface area (Å²) in [5, 5.41) is 0. The normalized spacial score (nSPS) is 23.7. The van der Waals surface area contributed by atoms with Crippen molar-refractivity contribution in [1.29, 1.82) is 0 Å². The largest absolute Gasteiger partial charge is 0.335 e. The summed E-state index contributed by atoms with van der Waals surface area (Å²) in [4.78, 5) is 0. The second kappa shape index (κ2) is 4.20. The van der Waals surface area contributed by atoms with Gasteiger partial charge in [0.25, 0.3) is 0 Å². The van der Waals surface area contributed by atoms with Crippen LogP contribution in [0.25, 0.3) is 0 Å². The fourth-order valence-electron chi connectivity index (χ4n) is 3.25. The van der Waals surface area contributed by atoms with E-state index >= 15 is 0 Å². The van der Waals surface area contributed by atoms with Gasteiger partial charge in [0.1, 0.15) is 0 Å². The van der Waals surface area contributed by atoms with E-state index in [-0.39, 0.29) is 0 Å². The van der Waals surface area contributed by atoms with Gasteiger partial charge in [-0.05, 0) is 51.0 Å². The monoisotopic (exact) mass is 217 g/mol. The maximum atomic E-state index is 6.23. The highest BCUT2D eigenvalue weighted by Gasteiger charge is 2.33. The van der Waals surface area contributed by atoms with E-state index in [1.807, 2.05) is 0 Å². The lowest BCUT2D eigenvalue weighted by atomic mass is 9.84. The predicted octanol–water partition coefficient (Wildman–Crippen LogP) is 4.27. The Labute approximate surface area is 97.9 Å². The Morgan fingerprint density at radius 3 is 2.81 bits per heavy atom. The predicted molar refractivity (Wildman–Crippen MR) is 65.7 cm³/mol. The van der Waals surface area contributed by atoms with Crippen LogP contribution in [0.3, 0.4) is 0 Å². The average molecular weight is 217 g/mol. The molecule has 0 bridgehead atoms. The van der Waals surface area contributed by atoms with Crippen molar-refractivity contribution in [3.8, 4) is 0 Å². The third-order valence-corrected chi connectivity index (χ3v) is 4.22. The summed E-state index contributed by atoms with van der Waals surface area (Å²) >= 11 is 0. The van der Waals surface area contributed by atoms with Crippen molar-refractivity contribution in [2.75, 3.05) is 0 Å². The van der Waals surface area contributed by atoms with Gasteiger partial charge in [0, 0.05) is 0 Å². The topological polar surface area (TPSA) is 11.3 Å². The Bertz CT molecular complexity index is 395. The van der Waals surface area contributed by atoms with Crippen molar-refractivity contribution in [3.63, 3.8) is 0 Å². The first-order valence-corrected chi connectivity index (χ1v) is 6.86. The highest BCUT2D eigenvalue weighted by Crippen LogP contribution is 2.37. The van der Waals surface area contributed by atoms with Crippen LogP contribution in [0.2, 0.25) is 0 Å². The van der Waals surface area contributed by atoms with Crippen LogP contribution < -0.4 is 0 Å². The fourth-order valence-corrected chi connectivity index (χ4v) is 3.25. The molecule has 3 rings (SSSR count). The van der Waals surface area contributed by atoms with E-state index in [1.165, 1.54) is 74.0 Å². The van der Waals surface area contributed by atoms with E-state index in [2.05, 4.69) is 13.0 Å². The van der Waals surface area contributed by atoms with Crippen LogP contribution in [0.15, 0.2) is 10.5 Å². The standard InChI is InChI=1S/C15H21O/c1-2-11-7-5-8-13-10-12-6-3-4-9-14(12)16-15(11)13/h10-11H,2-9H2,1H3/q+1. The molecule has 0 amide bonds. The molecule has 1 heteroatoms. The molecule has 2 aliphatic rings. The van der Waals surface area contributed by atoms with Crippen molar-refractivity contribution in [2.45, 2.75) is 64.2 Å². The van der Waals surface area contributed by atoms with Gasteiger partial charge in [-0.2, -0.15) is 0 Å². The third kappa shape index (κ3) is 1.66. The molecule has 2 aliphatic carbocycles. The summed E-state index contributed by atoms with van der Waals surface area (Å²) in [6.07, 6.45) is 10.2. The summed E-state index contributed by atoms with van der Waals surface area (Å²) < 4.78 is 6.23. The lowest BCUT2D eigenvalue weighted by Gasteiger charge is -2.18. The molecular formula is C15H21O+. The van der Waals surface area contributed by atoms with Crippen LogP contribution >= 0.6 is 0 Å². The van der Waals surface area contributed by atoms with Gasteiger partial charge in [-0.1, -0.05) is 6.92 Å². The summed E-state index contributed by atoms with van der Waals surface area (Å²) in [6.45, 7) is 2.29. The van der Waals surface area contributed by atoms with Gasteiger partial charge in [-0.25, -0.2) is 4.42 Å². The van der Waals surface area contributed by atoms with Crippen molar-refractivity contribution in [2.24, 2.45) is 0 Å². The molecule has 86 valence electrons. The first-order valence-electron chi connectivity index (χ1n) is 6.86. The first kappa shape index (κ1) is 10.3. The first-order chi connectivity index (χ1) is 7.88. The number of hydrogen-bond acceptors (Lipinski definition) is 0. The van der Waals surface area contributed by atoms with Crippen LogP contribution in [0, 0.1) is 0 Å². The van der Waals surface area contributed by atoms with Gasteiger partial charge in [0.2, 0.25) is 0 Å². The van der Waals surface area contributed by atoms with E-state index in [4.69, 9.17) is 4.42 Å². The SMILES string of the molecule is CCC1CCCc2cc3c([o+]c21)CCCC3. The lowest BCUT2D eigenvalue weighted by Crippen LogP contribution is -2.13. The minimum atomic E-state index is 0.691. The molecule has 1 nitrogen and oxygen atoms in total. The van der Waals surface area contributed by atoms with Gasteiger partial charge in [-0.15, -0.1) is 0 Å². The van der Waals surface area contributed by atoms with E-state index in [0.717, 1.165) is 0 Å². The summed E-state index contributed by atoms with van der Waals surface area (Å²) in [5.74, 6) is 3.32. The maximum Gasteiger partial charge on any atom is 0.335 e. The molecule has 0 aliphatic heterocycles. The molecule has 1 unspecified atom stereocenters. The maximum absolute atomic E-state index is 6.23. The quantitative estimate of drug-likeness (QED) is 0.639. The number of aryl methyl sites for hydroxylation is 3. The van der Waals surface area contributed by atoms with Gasteiger partial charge >= 0.3 is 11.5 Å². The van der Waals surface area contributed by atoms with Crippen molar-refractivity contribution in [3.05, 3.63) is 28.7 Å². The molecule has 0 spiro atoms. The number of rotatable bonds is 1. The Morgan fingerprint density at radius 2 is 1.94 bits per heavy atom. The van der Waals surface area contributed by atoms with Crippen LogP contribution in [0.4, 0.5) is 0 Å². The molecule has 0 radical (unpaired) electrons. The Balaban J connectivity index is 2.05. The lowest BCUT2D eigenvalue weighted by molar-refractivity contribution is 0.355. The van der Waals surface area contributed by atoms with Crippen molar-refractivity contribution in [1.82, 2.24) is 0 Å². The molecule has 16 heavy (non-hydrogen) atoms. The van der Waals surface area contributed by atoms with Gasteiger partial charge in [0.05, 0.1) is 23.5 Å². The molecule has 0 fully saturated rings. The number of fused-ring (bicyclic) bond motifs is 2. The van der Waals surface area contributed by atoms with Gasteiger partial charge < -0.3 is 0 Å². The van der Waals surface area contributed by atoms with Crippen LogP contribution in [-0.2, 0) is 19.3 Å². The number of hydrogen-bond donors (Lipinski definition) is 0. The Hall–Kier alpha value is -0.850. The third-order valence-electron chi connectivity index (χ3n) is 4.22. The van der Waals surface area contributed by atoms with Crippen LogP contribution in [-0.4, -0.2) is 0 Å². The van der Waals surface area contributed by atoms with E-state index < -0.39 is 0 Å². The van der Waals surface area contributed by atoms with Crippen LogP contribution in [0.1, 0.15) is 67.6 Å². The summed E-state index contributed by atoms with van der Waals surface area (Å²) in [5.41, 5.74) is 3.01. The van der Waals surface area contributed by atoms with Gasteiger partial charge in [-0.3, -0.25) is 0 Å². The van der Waals surface area contributed by atoms with Gasteiger partial charge in [0.15, 0.2) is 0 Å². The van der Waals surface area contributed by atoms with E-state index in [1.54, 1.807) is 0 Å². The van der Waals surface area contributed by atoms with E-state index in [9.17, 15) is 0 Å². The van der Waals surface area contributed by atoms with Crippen molar-refractivity contribution < 1.29 is 4.42 Å². The second-order valence-electron chi connectivity index (χ2n) is 5.29. The zero-order valence-electron chi connectivity index (χ0n) is 10.2. The minimum absolute atomic E-state index is 0.691. The summed E-state index contributed by atoms with van der Waals surface area (Å²) in [7, 11) is 0. The zero-order valence-corrected chi connectivity index (χ0v) is 10.2. The molecular weight excluding hydrogens is 196 g/mol. The molecule has 0 saturated carbocycles. The molecule has 1 aromatic rings. The molecule has 0 saturated heterocycles. The van der Waals surface area contributed by atoms with E-state index in [0.29, 0.717) is 5.92 Å². The summed E-state index contributed by atoms with van der Waals surface area (Å²) in [6, 6.07) is 2.45. The fraction of sp³-hybridized carbons (Fsp3) is 0.667. The Morgan fingerprint density at radius 1 is 1.12 bits per heavy atom. The van der Waals surface area contributed by atoms with Crippen LogP contribution in [0.5, 0.6) is 0 Å². The molecule has 1 atom stereocenters. The highest BCUT2D eigenvalue weighted by molar-refractivity contribution is 5.32. The molecule has 1 aromatic heterocycles. The van der Waals surface area contributed by atoms with Crippen molar-refractivity contribution >= 4 is 0 Å². The highest BCUT2D eigenvalue weighted by atomic mass is 16.3. The minimum Gasteiger partial charge on any atom is -0.217 e. The molecule has 0 aromatic carbocycles. The molecule has 0 N–H and O–H groups in total. The zero-order chi connectivity index (χ0) is 11.0. The smallest absolute Gasteiger partial charge is 0.217 e. The molecule has 1 heterocycles.